The van der Waals surface area contributed by atoms with E-state index in [0.29, 0.717) is 18.0 Å². The third-order valence-corrected chi connectivity index (χ3v) is 7.33. The van der Waals surface area contributed by atoms with E-state index in [-0.39, 0.29) is 4.90 Å². The highest BCUT2D eigenvalue weighted by molar-refractivity contribution is 7.90. The third kappa shape index (κ3) is 3.39. The smallest absolute Gasteiger partial charge is 0.271 e. The maximum absolute atomic E-state index is 13.6. The van der Waals surface area contributed by atoms with Gasteiger partial charge in [-0.05, 0) is 38.1 Å². The molecule has 0 unspecified atom stereocenters. The fourth-order valence-corrected chi connectivity index (χ4v) is 5.25. The Hall–Kier alpha value is -3.17. The van der Waals surface area contributed by atoms with Gasteiger partial charge >= 0.3 is 0 Å². The van der Waals surface area contributed by atoms with Crippen LogP contribution in [0.3, 0.4) is 0 Å². The summed E-state index contributed by atoms with van der Waals surface area (Å²) in [7, 11) is -1.75. The summed E-state index contributed by atoms with van der Waals surface area (Å²) in [5, 5.41) is 5.04. The lowest BCUT2D eigenvalue weighted by Crippen LogP contribution is -2.23. The lowest BCUT2D eigenvalue weighted by Gasteiger charge is -2.21. The molecule has 0 radical (unpaired) electrons. The number of rotatable bonds is 5. The van der Waals surface area contributed by atoms with Crippen LogP contribution in [0.5, 0.6) is 0 Å². The second kappa shape index (κ2) is 7.51. The number of benzene rings is 1. The van der Waals surface area contributed by atoms with E-state index < -0.39 is 10.0 Å². The summed E-state index contributed by atoms with van der Waals surface area (Å²) in [6.45, 7) is 4.29. The average Bonchev–Trinajstić information content (AvgIpc) is 3.53. The topological polar surface area (TPSA) is 86.2 Å². The predicted octanol–water partition coefficient (Wildman–Crippen LogP) is 3.47. The molecule has 0 amide bonds. The number of likely N-dealkylation sites (N-methyl/N-ethyl adjacent to an activating group) is 1. The maximum atomic E-state index is 13.6. The van der Waals surface area contributed by atoms with Crippen molar-refractivity contribution in [3.8, 4) is 11.5 Å². The van der Waals surface area contributed by atoms with Crippen LogP contribution in [0.2, 0.25) is 0 Å². The van der Waals surface area contributed by atoms with Gasteiger partial charge in [-0.25, -0.2) is 17.4 Å². The molecule has 1 aliphatic rings. The van der Waals surface area contributed by atoms with Gasteiger partial charge < -0.3 is 9.32 Å². The quantitative estimate of drug-likeness (QED) is 0.475. The molecular formula is C22H23N5O3S. The standard InChI is InChI=1S/C22H23N5O3S/c1-3-26-14-18(13-24-26)31(28,29)27-15-20(16-6-9-25(2)10-7-16)19-5-4-17(12-21(19)27)22-23-8-11-30-22/h4-6,8,11-15H,3,7,9-10H2,1-2H3. The van der Waals surface area contributed by atoms with E-state index in [9.17, 15) is 8.42 Å². The SMILES string of the molecule is CCn1cc(S(=O)(=O)n2cc(C3=CCN(C)CC3)c3ccc(-c4ncco4)cc32)cn1. The fraction of sp³-hybridized carbons (Fsp3) is 0.273. The Morgan fingerprint density at radius 3 is 2.77 bits per heavy atom. The molecule has 3 aromatic heterocycles. The van der Waals surface area contributed by atoms with Crippen molar-refractivity contribution in [1.82, 2.24) is 23.6 Å². The van der Waals surface area contributed by atoms with Gasteiger partial charge in [-0.1, -0.05) is 12.1 Å². The number of hydrogen-bond acceptors (Lipinski definition) is 6. The van der Waals surface area contributed by atoms with Gasteiger partial charge in [0.05, 0.1) is 17.9 Å². The second-order valence-electron chi connectivity index (χ2n) is 7.69. The summed E-state index contributed by atoms with van der Waals surface area (Å²) in [5.74, 6) is 0.450. The van der Waals surface area contributed by atoms with E-state index in [1.165, 1.54) is 16.4 Å². The molecule has 160 valence electrons. The van der Waals surface area contributed by atoms with Crippen LogP contribution in [0.1, 0.15) is 18.9 Å². The van der Waals surface area contributed by atoms with Crippen molar-refractivity contribution in [2.24, 2.45) is 0 Å². The molecule has 4 aromatic rings. The van der Waals surface area contributed by atoms with Crippen LogP contribution in [0, 0.1) is 0 Å². The Kier molecular flexibility index (Phi) is 4.79. The molecule has 1 aromatic carbocycles. The molecule has 8 nitrogen and oxygen atoms in total. The number of aromatic nitrogens is 4. The van der Waals surface area contributed by atoms with E-state index in [2.05, 4.69) is 28.1 Å². The Morgan fingerprint density at radius 2 is 2.10 bits per heavy atom. The molecule has 0 atom stereocenters. The molecule has 9 heteroatoms. The summed E-state index contributed by atoms with van der Waals surface area (Å²) in [5.41, 5.74) is 3.41. The van der Waals surface area contributed by atoms with Crippen LogP contribution < -0.4 is 0 Å². The zero-order chi connectivity index (χ0) is 21.6. The Balaban J connectivity index is 1.73. The van der Waals surface area contributed by atoms with Gasteiger partial charge in [0.15, 0.2) is 0 Å². The highest BCUT2D eigenvalue weighted by atomic mass is 32.2. The molecular weight excluding hydrogens is 414 g/mol. The lowest BCUT2D eigenvalue weighted by atomic mass is 9.98. The zero-order valence-corrected chi connectivity index (χ0v) is 18.2. The maximum Gasteiger partial charge on any atom is 0.271 e. The van der Waals surface area contributed by atoms with E-state index >= 15 is 0 Å². The number of aryl methyl sites for hydroxylation is 1. The van der Waals surface area contributed by atoms with Gasteiger partial charge in [0.2, 0.25) is 5.89 Å². The minimum Gasteiger partial charge on any atom is -0.445 e. The average molecular weight is 438 g/mol. The number of oxazole rings is 1. The van der Waals surface area contributed by atoms with Gasteiger partial charge in [-0.3, -0.25) is 4.68 Å². The van der Waals surface area contributed by atoms with Crippen molar-refractivity contribution >= 4 is 26.5 Å². The van der Waals surface area contributed by atoms with Crippen LogP contribution in [-0.2, 0) is 16.6 Å². The van der Waals surface area contributed by atoms with Gasteiger partial charge in [-0.15, -0.1) is 0 Å². The Labute approximate surface area is 180 Å². The van der Waals surface area contributed by atoms with Crippen molar-refractivity contribution in [1.29, 1.82) is 0 Å². The van der Waals surface area contributed by atoms with Gasteiger partial charge in [0.1, 0.15) is 11.2 Å². The molecule has 5 rings (SSSR count). The monoisotopic (exact) mass is 437 g/mol. The minimum atomic E-state index is -3.82. The third-order valence-electron chi connectivity index (χ3n) is 5.70. The molecule has 0 saturated heterocycles. The van der Waals surface area contributed by atoms with Crippen molar-refractivity contribution in [2.75, 3.05) is 20.1 Å². The highest BCUT2D eigenvalue weighted by Crippen LogP contribution is 2.35. The van der Waals surface area contributed by atoms with Crippen LogP contribution >= 0.6 is 0 Å². The van der Waals surface area contributed by atoms with Crippen LogP contribution in [0.15, 0.2) is 64.6 Å². The first-order valence-electron chi connectivity index (χ1n) is 10.2. The number of fused-ring (bicyclic) bond motifs is 1. The number of nitrogens with zero attached hydrogens (tertiary/aromatic N) is 5. The summed E-state index contributed by atoms with van der Waals surface area (Å²) < 4.78 is 35.5. The van der Waals surface area contributed by atoms with E-state index in [4.69, 9.17) is 4.42 Å². The summed E-state index contributed by atoms with van der Waals surface area (Å²) in [6, 6.07) is 5.69. The zero-order valence-electron chi connectivity index (χ0n) is 17.4. The van der Waals surface area contributed by atoms with Gasteiger partial charge in [0.25, 0.3) is 10.0 Å². The predicted molar refractivity (Wildman–Crippen MR) is 118 cm³/mol. The largest absolute Gasteiger partial charge is 0.445 e. The summed E-state index contributed by atoms with van der Waals surface area (Å²) in [6.07, 6.45) is 10.8. The van der Waals surface area contributed by atoms with Crippen molar-refractivity contribution in [3.05, 3.63) is 60.9 Å². The molecule has 0 N–H and O–H groups in total. The van der Waals surface area contributed by atoms with E-state index in [1.807, 2.05) is 25.1 Å². The lowest BCUT2D eigenvalue weighted by molar-refractivity contribution is 0.370. The Morgan fingerprint density at radius 1 is 1.23 bits per heavy atom. The van der Waals surface area contributed by atoms with Crippen LogP contribution in [0.25, 0.3) is 27.9 Å². The molecule has 1 aliphatic heterocycles. The van der Waals surface area contributed by atoms with Crippen molar-refractivity contribution < 1.29 is 12.8 Å². The molecule has 0 spiro atoms. The molecule has 0 fully saturated rings. The molecule has 31 heavy (non-hydrogen) atoms. The Bertz CT molecular complexity index is 1380. The first-order chi connectivity index (χ1) is 15.0. The van der Waals surface area contributed by atoms with Gasteiger partial charge in [-0.2, -0.15) is 5.10 Å². The summed E-state index contributed by atoms with van der Waals surface area (Å²) in [4.78, 5) is 6.61. The van der Waals surface area contributed by atoms with E-state index in [1.54, 1.807) is 23.3 Å². The first kappa shape index (κ1) is 19.8. The summed E-state index contributed by atoms with van der Waals surface area (Å²) >= 11 is 0. The van der Waals surface area contributed by atoms with Gasteiger partial charge in [0, 0.05) is 48.5 Å². The second-order valence-corrected chi connectivity index (χ2v) is 9.50. The fourth-order valence-electron chi connectivity index (χ4n) is 3.93. The minimum absolute atomic E-state index is 0.164. The molecule has 0 bridgehead atoms. The van der Waals surface area contributed by atoms with Crippen molar-refractivity contribution in [2.45, 2.75) is 24.8 Å². The van der Waals surface area contributed by atoms with Crippen molar-refractivity contribution in [3.63, 3.8) is 0 Å². The molecule has 0 saturated carbocycles. The normalized spacial score (nSPS) is 15.5. The molecule has 0 aliphatic carbocycles. The van der Waals surface area contributed by atoms with Crippen LogP contribution in [-0.4, -0.2) is 52.2 Å². The number of hydrogen-bond donors (Lipinski definition) is 0. The first-order valence-corrected chi connectivity index (χ1v) is 11.6. The van der Waals surface area contributed by atoms with Crippen LogP contribution in [0.4, 0.5) is 0 Å². The highest BCUT2D eigenvalue weighted by Gasteiger charge is 2.25. The van der Waals surface area contributed by atoms with E-state index in [0.717, 1.165) is 41.6 Å². The molecule has 4 heterocycles.